The number of para-hydroxylation sites is 1. The van der Waals surface area contributed by atoms with Gasteiger partial charge in [0.15, 0.2) is 0 Å². The van der Waals surface area contributed by atoms with Gasteiger partial charge in [-0.3, -0.25) is 9.59 Å². The fraction of sp³-hybridized carbons (Fsp3) is 0.368. The van der Waals surface area contributed by atoms with Crippen LogP contribution in [0, 0.1) is 0 Å². The number of halogens is 3. The van der Waals surface area contributed by atoms with Crippen molar-refractivity contribution in [1.29, 1.82) is 0 Å². The number of thiophene rings is 1. The predicted molar refractivity (Wildman–Crippen MR) is 100 cm³/mol. The SMILES string of the molecule is O=C(NC1CC2CCC1N2)c1ccc(-c2ccccc2NC(=O)C(F)(F)F)s1. The smallest absolute Gasteiger partial charge is 0.347 e. The van der Waals surface area contributed by atoms with Gasteiger partial charge in [-0.1, -0.05) is 18.2 Å². The van der Waals surface area contributed by atoms with Gasteiger partial charge < -0.3 is 16.0 Å². The van der Waals surface area contributed by atoms with Gasteiger partial charge in [-0.05, 0) is 37.5 Å². The van der Waals surface area contributed by atoms with Crippen molar-refractivity contribution < 1.29 is 22.8 Å². The van der Waals surface area contributed by atoms with Crippen molar-refractivity contribution in [2.24, 2.45) is 0 Å². The topological polar surface area (TPSA) is 70.2 Å². The van der Waals surface area contributed by atoms with Gasteiger partial charge in [0.1, 0.15) is 0 Å². The van der Waals surface area contributed by atoms with E-state index >= 15 is 0 Å². The number of fused-ring (bicyclic) bond motifs is 2. The molecule has 2 bridgehead atoms. The summed E-state index contributed by atoms with van der Waals surface area (Å²) < 4.78 is 37.7. The molecule has 4 rings (SSSR count). The highest BCUT2D eigenvalue weighted by atomic mass is 32.1. The second kappa shape index (κ2) is 7.21. The van der Waals surface area contributed by atoms with Crippen LogP contribution in [-0.4, -0.2) is 36.1 Å². The number of hydrogen-bond donors (Lipinski definition) is 3. The molecule has 3 N–H and O–H groups in total. The summed E-state index contributed by atoms with van der Waals surface area (Å²) in [5.41, 5.74) is 0.488. The van der Waals surface area contributed by atoms with Crippen molar-refractivity contribution in [2.75, 3.05) is 5.32 Å². The minimum absolute atomic E-state index is 0.0518. The third-order valence-corrected chi connectivity index (χ3v) is 6.26. The molecule has 2 aliphatic rings. The average Bonchev–Trinajstić information content (AvgIpc) is 3.38. The Morgan fingerprint density at radius 1 is 1.11 bits per heavy atom. The lowest BCUT2D eigenvalue weighted by Gasteiger charge is -2.21. The third-order valence-electron chi connectivity index (χ3n) is 5.14. The van der Waals surface area contributed by atoms with Crippen LogP contribution in [0.3, 0.4) is 0 Å². The normalized spacial score (nSPS) is 23.6. The fourth-order valence-corrected chi connectivity index (χ4v) is 4.78. The highest BCUT2D eigenvalue weighted by molar-refractivity contribution is 7.17. The van der Waals surface area contributed by atoms with E-state index in [1.54, 1.807) is 30.3 Å². The molecule has 3 heterocycles. The van der Waals surface area contributed by atoms with E-state index in [1.165, 1.54) is 17.4 Å². The zero-order valence-corrected chi connectivity index (χ0v) is 15.5. The number of amides is 2. The zero-order chi connectivity index (χ0) is 19.9. The summed E-state index contributed by atoms with van der Waals surface area (Å²) in [6.07, 6.45) is -1.86. The van der Waals surface area contributed by atoms with Gasteiger partial charge in [0.25, 0.3) is 5.91 Å². The van der Waals surface area contributed by atoms with Crippen LogP contribution in [0.1, 0.15) is 28.9 Å². The van der Waals surface area contributed by atoms with Gasteiger partial charge in [-0.2, -0.15) is 13.2 Å². The van der Waals surface area contributed by atoms with Crippen LogP contribution < -0.4 is 16.0 Å². The second-order valence-corrected chi connectivity index (χ2v) is 8.11. The first-order valence-corrected chi connectivity index (χ1v) is 9.77. The summed E-state index contributed by atoms with van der Waals surface area (Å²) in [5.74, 6) is -2.22. The molecule has 2 aliphatic heterocycles. The molecule has 148 valence electrons. The molecule has 2 aromatic rings. The molecule has 2 amide bonds. The summed E-state index contributed by atoms with van der Waals surface area (Å²) in [4.78, 5) is 24.9. The van der Waals surface area contributed by atoms with Gasteiger partial charge in [0.05, 0.1) is 4.88 Å². The van der Waals surface area contributed by atoms with E-state index in [2.05, 4.69) is 10.6 Å². The van der Waals surface area contributed by atoms with E-state index < -0.39 is 12.1 Å². The van der Waals surface area contributed by atoms with Crippen molar-refractivity contribution in [1.82, 2.24) is 10.6 Å². The molecule has 3 atom stereocenters. The summed E-state index contributed by atoms with van der Waals surface area (Å²) in [6, 6.07) is 10.4. The molecule has 0 radical (unpaired) electrons. The number of carbonyl (C=O) groups is 2. The van der Waals surface area contributed by atoms with Crippen LogP contribution in [0.25, 0.3) is 10.4 Å². The fourth-order valence-electron chi connectivity index (χ4n) is 3.83. The summed E-state index contributed by atoms with van der Waals surface area (Å²) in [7, 11) is 0. The molecule has 5 nitrogen and oxygen atoms in total. The number of carbonyl (C=O) groups excluding carboxylic acids is 2. The minimum atomic E-state index is -4.97. The Balaban J connectivity index is 1.50. The van der Waals surface area contributed by atoms with Gasteiger partial charge in [0, 0.05) is 34.3 Å². The first-order chi connectivity index (χ1) is 13.3. The number of rotatable bonds is 4. The Hall–Kier alpha value is -2.39. The highest BCUT2D eigenvalue weighted by Gasteiger charge is 2.40. The quantitative estimate of drug-likeness (QED) is 0.724. The average molecular weight is 409 g/mol. The van der Waals surface area contributed by atoms with Gasteiger partial charge in [-0.15, -0.1) is 11.3 Å². The Morgan fingerprint density at radius 2 is 1.89 bits per heavy atom. The molecule has 0 saturated carbocycles. The van der Waals surface area contributed by atoms with Crippen molar-refractivity contribution in [2.45, 2.75) is 43.6 Å². The Labute approximate surface area is 163 Å². The first kappa shape index (κ1) is 18.9. The van der Waals surface area contributed by atoms with Crippen LogP contribution in [0.4, 0.5) is 18.9 Å². The lowest BCUT2D eigenvalue weighted by molar-refractivity contribution is -0.167. The van der Waals surface area contributed by atoms with E-state index in [-0.39, 0.29) is 17.6 Å². The predicted octanol–water partition coefficient (Wildman–Crippen LogP) is 3.54. The number of alkyl halides is 3. The standard InChI is InChI=1S/C19H18F3N3O2S/c20-19(21,22)18(27)25-12-4-2-1-3-11(12)15-7-8-16(28-15)17(26)24-14-9-10-5-6-13(14)23-10/h1-4,7-8,10,13-14,23H,5-6,9H2,(H,24,26)(H,25,27). The molecular formula is C19H18F3N3O2S. The molecule has 2 saturated heterocycles. The van der Waals surface area contributed by atoms with Crippen molar-refractivity contribution >= 4 is 28.8 Å². The van der Waals surface area contributed by atoms with E-state index in [4.69, 9.17) is 0 Å². The van der Waals surface area contributed by atoms with Crippen LogP contribution in [0.15, 0.2) is 36.4 Å². The number of anilines is 1. The molecular weight excluding hydrogens is 391 g/mol. The first-order valence-electron chi connectivity index (χ1n) is 8.95. The van der Waals surface area contributed by atoms with E-state index in [1.807, 2.05) is 5.32 Å². The largest absolute Gasteiger partial charge is 0.471 e. The second-order valence-electron chi connectivity index (χ2n) is 7.02. The molecule has 1 aromatic heterocycles. The van der Waals surface area contributed by atoms with Crippen molar-refractivity contribution in [3.05, 3.63) is 41.3 Å². The van der Waals surface area contributed by atoms with Gasteiger partial charge in [0.2, 0.25) is 0 Å². The number of hydrogen-bond acceptors (Lipinski definition) is 4. The van der Waals surface area contributed by atoms with Gasteiger partial charge in [-0.25, -0.2) is 0 Å². The van der Waals surface area contributed by atoms with E-state index in [0.717, 1.165) is 19.3 Å². The molecule has 2 fully saturated rings. The van der Waals surface area contributed by atoms with Crippen molar-refractivity contribution in [3.63, 3.8) is 0 Å². The molecule has 0 aliphatic carbocycles. The molecule has 0 spiro atoms. The molecule has 3 unspecified atom stereocenters. The van der Waals surface area contributed by atoms with Gasteiger partial charge >= 0.3 is 12.1 Å². The third kappa shape index (κ3) is 3.77. The van der Waals surface area contributed by atoms with Crippen LogP contribution in [-0.2, 0) is 4.79 Å². The summed E-state index contributed by atoms with van der Waals surface area (Å²) in [5, 5.41) is 8.41. The Morgan fingerprint density at radius 3 is 2.57 bits per heavy atom. The maximum absolute atomic E-state index is 12.6. The Bertz CT molecular complexity index is 912. The molecule has 9 heteroatoms. The number of nitrogens with one attached hydrogen (secondary N) is 3. The van der Waals surface area contributed by atoms with Crippen LogP contribution >= 0.6 is 11.3 Å². The zero-order valence-electron chi connectivity index (χ0n) is 14.7. The van der Waals surface area contributed by atoms with Crippen LogP contribution in [0.2, 0.25) is 0 Å². The van der Waals surface area contributed by atoms with Crippen LogP contribution in [0.5, 0.6) is 0 Å². The minimum Gasteiger partial charge on any atom is -0.347 e. The summed E-state index contributed by atoms with van der Waals surface area (Å²) in [6.45, 7) is 0. The number of benzene rings is 1. The monoisotopic (exact) mass is 409 g/mol. The molecule has 1 aromatic carbocycles. The maximum atomic E-state index is 12.6. The Kier molecular flexibility index (Phi) is 4.88. The van der Waals surface area contributed by atoms with E-state index in [0.29, 0.717) is 27.4 Å². The van der Waals surface area contributed by atoms with Crippen molar-refractivity contribution in [3.8, 4) is 10.4 Å². The highest BCUT2D eigenvalue weighted by Crippen LogP contribution is 2.35. The molecule has 28 heavy (non-hydrogen) atoms. The summed E-state index contributed by atoms with van der Waals surface area (Å²) >= 11 is 1.18. The lowest BCUT2D eigenvalue weighted by Crippen LogP contribution is -2.42. The maximum Gasteiger partial charge on any atom is 0.471 e. The lowest BCUT2D eigenvalue weighted by atomic mass is 9.95. The van der Waals surface area contributed by atoms with E-state index in [9.17, 15) is 22.8 Å².